The van der Waals surface area contributed by atoms with Crippen molar-refractivity contribution in [3.63, 3.8) is 0 Å². The van der Waals surface area contributed by atoms with Crippen molar-refractivity contribution in [3.05, 3.63) is 11.9 Å². The summed E-state index contributed by atoms with van der Waals surface area (Å²) in [7, 11) is 0. The molecule has 3 N–H and O–H groups in total. The fraction of sp³-hybridized carbons (Fsp3) is 0.600. The molecule has 90 valence electrons. The Hall–Kier alpha value is -1.40. The van der Waals surface area contributed by atoms with Gasteiger partial charge in [0.2, 0.25) is 5.88 Å². The molecule has 16 heavy (non-hydrogen) atoms. The highest BCUT2D eigenvalue weighted by atomic mass is 16.5. The highest BCUT2D eigenvalue weighted by Gasteiger charge is 2.11. The summed E-state index contributed by atoms with van der Waals surface area (Å²) in [5, 5.41) is 20.8. The molecule has 1 heterocycles. The van der Waals surface area contributed by atoms with Crippen molar-refractivity contribution in [2.45, 2.75) is 19.9 Å². The quantitative estimate of drug-likeness (QED) is 0.631. The number of rotatable bonds is 6. The van der Waals surface area contributed by atoms with Gasteiger partial charge in [-0.05, 0) is 13.8 Å². The summed E-state index contributed by atoms with van der Waals surface area (Å²) < 4.78 is 5.31. The molecule has 6 heteroatoms. The summed E-state index contributed by atoms with van der Waals surface area (Å²) in [5.74, 6) is 1.07. The molecule has 0 fully saturated rings. The average molecular weight is 227 g/mol. The van der Waals surface area contributed by atoms with Gasteiger partial charge in [-0.3, -0.25) is 0 Å². The van der Waals surface area contributed by atoms with Crippen molar-refractivity contribution in [2.75, 3.05) is 25.1 Å². The van der Waals surface area contributed by atoms with Crippen LogP contribution in [-0.4, -0.2) is 46.0 Å². The number of aliphatic hydroxyl groups is 2. The van der Waals surface area contributed by atoms with E-state index < -0.39 is 6.04 Å². The zero-order valence-corrected chi connectivity index (χ0v) is 9.47. The van der Waals surface area contributed by atoms with Crippen molar-refractivity contribution in [2.24, 2.45) is 0 Å². The molecule has 1 aromatic rings. The number of ether oxygens (including phenoxy) is 1. The van der Waals surface area contributed by atoms with E-state index >= 15 is 0 Å². The number of hydrogen-bond donors (Lipinski definition) is 3. The third kappa shape index (κ3) is 3.04. The highest BCUT2D eigenvalue weighted by Crippen LogP contribution is 2.20. The zero-order valence-electron chi connectivity index (χ0n) is 9.47. The molecule has 1 aromatic heterocycles. The Morgan fingerprint density at radius 1 is 1.38 bits per heavy atom. The molecule has 0 bridgehead atoms. The lowest BCUT2D eigenvalue weighted by Gasteiger charge is -2.16. The summed E-state index contributed by atoms with van der Waals surface area (Å²) in [6.45, 7) is 3.90. The van der Waals surface area contributed by atoms with Crippen LogP contribution in [0.1, 0.15) is 12.5 Å². The van der Waals surface area contributed by atoms with E-state index in [1.54, 1.807) is 0 Å². The predicted molar refractivity (Wildman–Crippen MR) is 59.5 cm³/mol. The molecule has 0 spiro atoms. The minimum atomic E-state index is -0.428. The van der Waals surface area contributed by atoms with Crippen LogP contribution in [0.3, 0.4) is 0 Å². The van der Waals surface area contributed by atoms with Gasteiger partial charge in [-0.2, -0.15) is 0 Å². The summed E-state index contributed by atoms with van der Waals surface area (Å²) in [5.41, 5.74) is 0.760. The van der Waals surface area contributed by atoms with Crippen LogP contribution in [0.25, 0.3) is 0 Å². The zero-order chi connectivity index (χ0) is 12.0. The van der Waals surface area contributed by atoms with E-state index in [9.17, 15) is 0 Å². The van der Waals surface area contributed by atoms with Crippen molar-refractivity contribution >= 4 is 5.82 Å². The SMILES string of the molecule is CCOc1ncnc(NC(CO)CO)c1C. The minimum Gasteiger partial charge on any atom is -0.478 e. The molecule has 6 nitrogen and oxygen atoms in total. The molecular weight excluding hydrogens is 210 g/mol. The van der Waals surface area contributed by atoms with Crippen LogP contribution >= 0.6 is 0 Å². The Morgan fingerprint density at radius 2 is 2.06 bits per heavy atom. The van der Waals surface area contributed by atoms with Gasteiger partial charge in [-0.25, -0.2) is 9.97 Å². The van der Waals surface area contributed by atoms with Crippen LogP contribution < -0.4 is 10.1 Å². The number of nitrogens with zero attached hydrogens (tertiary/aromatic N) is 2. The first-order chi connectivity index (χ1) is 7.72. The molecule has 1 rings (SSSR count). The first kappa shape index (κ1) is 12.7. The van der Waals surface area contributed by atoms with Crippen molar-refractivity contribution in [1.82, 2.24) is 9.97 Å². The van der Waals surface area contributed by atoms with Crippen molar-refractivity contribution in [3.8, 4) is 5.88 Å². The van der Waals surface area contributed by atoms with E-state index in [0.717, 1.165) is 5.56 Å². The highest BCUT2D eigenvalue weighted by molar-refractivity contribution is 5.48. The lowest BCUT2D eigenvalue weighted by atomic mass is 10.3. The molecule has 0 radical (unpaired) electrons. The van der Waals surface area contributed by atoms with Crippen LogP contribution in [0.15, 0.2) is 6.33 Å². The monoisotopic (exact) mass is 227 g/mol. The number of anilines is 1. The van der Waals surface area contributed by atoms with E-state index in [1.165, 1.54) is 6.33 Å². The van der Waals surface area contributed by atoms with Crippen LogP contribution in [-0.2, 0) is 0 Å². The van der Waals surface area contributed by atoms with Crippen LogP contribution in [0.4, 0.5) is 5.82 Å². The second kappa shape index (κ2) is 6.24. The predicted octanol–water partition coefficient (Wildman–Crippen LogP) is -0.0512. The summed E-state index contributed by atoms with van der Waals surface area (Å²) in [4.78, 5) is 8.02. The van der Waals surface area contributed by atoms with Gasteiger partial charge in [-0.1, -0.05) is 0 Å². The minimum absolute atomic E-state index is 0.163. The molecule has 0 aliphatic carbocycles. The number of nitrogens with one attached hydrogen (secondary N) is 1. The summed E-state index contributed by atoms with van der Waals surface area (Å²) >= 11 is 0. The molecular formula is C10H17N3O3. The number of hydrogen-bond acceptors (Lipinski definition) is 6. The molecule has 0 saturated heterocycles. The Kier molecular flexibility index (Phi) is 4.94. The topological polar surface area (TPSA) is 87.5 Å². The van der Waals surface area contributed by atoms with Gasteiger partial charge in [0.1, 0.15) is 12.1 Å². The average Bonchev–Trinajstić information content (AvgIpc) is 2.30. The third-order valence-corrected chi connectivity index (χ3v) is 2.10. The Bertz CT molecular complexity index is 329. The third-order valence-electron chi connectivity index (χ3n) is 2.10. The van der Waals surface area contributed by atoms with Gasteiger partial charge in [0.25, 0.3) is 0 Å². The second-order valence-electron chi connectivity index (χ2n) is 3.29. The maximum absolute atomic E-state index is 8.95. The first-order valence-electron chi connectivity index (χ1n) is 5.15. The molecule has 0 amide bonds. The van der Waals surface area contributed by atoms with Gasteiger partial charge in [0, 0.05) is 0 Å². The van der Waals surface area contributed by atoms with Crippen LogP contribution in [0.5, 0.6) is 5.88 Å². The summed E-state index contributed by atoms with van der Waals surface area (Å²) in [6.07, 6.45) is 1.38. The number of aromatic nitrogens is 2. The van der Waals surface area contributed by atoms with Gasteiger partial charge < -0.3 is 20.3 Å². The van der Waals surface area contributed by atoms with Gasteiger partial charge in [-0.15, -0.1) is 0 Å². The first-order valence-corrected chi connectivity index (χ1v) is 5.15. The molecule has 0 aliphatic rings. The Balaban J connectivity index is 2.83. The second-order valence-corrected chi connectivity index (χ2v) is 3.29. The summed E-state index contributed by atoms with van der Waals surface area (Å²) in [6, 6.07) is -0.428. The molecule has 0 aliphatic heterocycles. The maximum Gasteiger partial charge on any atom is 0.221 e. The molecule has 0 aromatic carbocycles. The van der Waals surface area contributed by atoms with Gasteiger partial charge >= 0.3 is 0 Å². The molecule has 0 atom stereocenters. The fourth-order valence-corrected chi connectivity index (χ4v) is 1.20. The standard InChI is InChI=1S/C10H17N3O3/c1-3-16-10-7(2)9(11-6-12-10)13-8(4-14)5-15/h6,8,14-15H,3-5H2,1-2H3,(H,11,12,13). The number of aliphatic hydroxyl groups excluding tert-OH is 2. The molecule has 0 saturated carbocycles. The van der Waals surface area contributed by atoms with E-state index in [4.69, 9.17) is 14.9 Å². The molecule has 0 unspecified atom stereocenters. The van der Waals surface area contributed by atoms with E-state index in [-0.39, 0.29) is 13.2 Å². The largest absolute Gasteiger partial charge is 0.478 e. The van der Waals surface area contributed by atoms with Crippen molar-refractivity contribution in [1.29, 1.82) is 0 Å². The lowest BCUT2D eigenvalue weighted by molar-refractivity contribution is 0.203. The van der Waals surface area contributed by atoms with E-state index in [0.29, 0.717) is 18.3 Å². The fourth-order valence-electron chi connectivity index (χ4n) is 1.20. The van der Waals surface area contributed by atoms with Crippen molar-refractivity contribution < 1.29 is 14.9 Å². The van der Waals surface area contributed by atoms with Crippen LogP contribution in [0.2, 0.25) is 0 Å². The van der Waals surface area contributed by atoms with E-state index in [1.807, 2.05) is 13.8 Å². The normalized spacial score (nSPS) is 10.6. The Labute approximate surface area is 94.3 Å². The maximum atomic E-state index is 8.95. The lowest BCUT2D eigenvalue weighted by Crippen LogP contribution is -2.28. The smallest absolute Gasteiger partial charge is 0.221 e. The van der Waals surface area contributed by atoms with E-state index in [2.05, 4.69) is 15.3 Å². The van der Waals surface area contributed by atoms with Gasteiger partial charge in [0.05, 0.1) is 31.4 Å². The van der Waals surface area contributed by atoms with Gasteiger partial charge in [0.15, 0.2) is 0 Å². The Morgan fingerprint density at radius 3 is 2.62 bits per heavy atom. The van der Waals surface area contributed by atoms with Crippen LogP contribution in [0, 0.1) is 6.92 Å².